The second kappa shape index (κ2) is 4.98. The molecule has 1 unspecified atom stereocenters. The van der Waals surface area contributed by atoms with Gasteiger partial charge in [-0.25, -0.2) is 0 Å². The van der Waals surface area contributed by atoms with E-state index in [4.69, 9.17) is 5.11 Å². The molecule has 1 N–H and O–H groups in total. The van der Waals surface area contributed by atoms with E-state index in [2.05, 4.69) is 32.9 Å². The zero-order valence-electron chi connectivity index (χ0n) is 10.5. The predicted molar refractivity (Wildman–Crippen MR) is 65.7 cm³/mol. The molecule has 0 aliphatic heterocycles. The van der Waals surface area contributed by atoms with Crippen molar-refractivity contribution in [2.75, 3.05) is 6.61 Å². The first-order valence-electron chi connectivity index (χ1n) is 5.92. The number of allylic oxidation sites excluding steroid dienone is 3. The molecule has 0 radical (unpaired) electrons. The van der Waals surface area contributed by atoms with Crippen molar-refractivity contribution in [3.63, 3.8) is 0 Å². The van der Waals surface area contributed by atoms with Gasteiger partial charge in [0.1, 0.15) is 0 Å². The molecule has 86 valence electrons. The van der Waals surface area contributed by atoms with Gasteiger partial charge < -0.3 is 5.11 Å². The molecule has 0 aromatic carbocycles. The summed E-state index contributed by atoms with van der Waals surface area (Å²) in [5.74, 6) is 0.726. The molecule has 15 heavy (non-hydrogen) atoms. The summed E-state index contributed by atoms with van der Waals surface area (Å²) in [5, 5.41) is 8.97. The van der Waals surface area contributed by atoms with Crippen LogP contribution in [0.3, 0.4) is 0 Å². The highest BCUT2D eigenvalue weighted by molar-refractivity contribution is 5.16. The Bertz CT molecular complexity index is 271. The summed E-state index contributed by atoms with van der Waals surface area (Å²) in [6.45, 7) is 9.12. The fraction of sp³-hybridized carbons (Fsp3) is 0.714. The molecule has 1 rings (SSSR count). The Morgan fingerprint density at radius 3 is 2.87 bits per heavy atom. The fourth-order valence-electron chi connectivity index (χ4n) is 2.27. The van der Waals surface area contributed by atoms with Crippen LogP contribution < -0.4 is 0 Å². The highest BCUT2D eigenvalue weighted by Crippen LogP contribution is 2.43. The van der Waals surface area contributed by atoms with Gasteiger partial charge in [0.25, 0.3) is 0 Å². The Morgan fingerprint density at radius 2 is 2.27 bits per heavy atom. The van der Waals surface area contributed by atoms with Crippen LogP contribution in [-0.4, -0.2) is 11.7 Å². The van der Waals surface area contributed by atoms with Crippen molar-refractivity contribution in [3.05, 3.63) is 23.3 Å². The number of rotatable bonds is 3. The Hall–Kier alpha value is -0.560. The Kier molecular flexibility index (Phi) is 4.15. The van der Waals surface area contributed by atoms with Crippen LogP contribution in [0.15, 0.2) is 23.3 Å². The molecule has 0 saturated heterocycles. The van der Waals surface area contributed by atoms with Gasteiger partial charge in [-0.2, -0.15) is 0 Å². The highest BCUT2D eigenvalue weighted by Gasteiger charge is 2.32. The predicted octanol–water partition coefficient (Wildman–Crippen LogP) is 3.70. The third-order valence-electron chi connectivity index (χ3n) is 4.00. The van der Waals surface area contributed by atoms with Gasteiger partial charge in [-0.15, -0.1) is 0 Å². The second-order valence-corrected chi connectivity index (χ2v) is 5.33. The molecule has 1 heteroatoms. The molecule has 0 spiro atoms. The average molecular weight is 208 g/mol. The summed E-state index contributed by atoms with van der Waals surface area (Å²) >= 11 is 0. The number of aliphatic hydroxyl groups excluding tert-OH is 1. The van der Waals surface area contributed by atoms with E-state index in [1.54, 1.807) is 0 Å². The summed E-state index contributed by atoms with van der Waals surface area (Å²) in [5.41, 5.74) is 2.94. The van der Waals surface area contributed by atoms with Gasteiger partial charge in [-0.3, -0.25) is 0 Å². The molecule has 0 amide bonds. The lowest BCUT2D eigenvalue weighted by molar-refractivity contribution is 0.235. The summed E-state index contributed by atoms with van der Waals surface area (Å²) in [4.78, 5) is 0. The monoisotopic (exact) mass is 208 g/mol. The van der Waals surface area contributed by atoms with Gasteiger partial charge in [0.2, 0.25) is 0 Å². The lowest BCUT2D eigenvalue weighted by atomic mass is 9.67. The third-order valence-corrected chi connectivity index (χ3v) is 4.00. The lowest BCUT2D eigenvalue weighted by Crippen LogP contribution is -2.27. The zero-order valence-corrected chi connectivity index (χ0v) is 10.5. The SMILES string of the molecule is CC(=CCC1CCC=C(C)C1(C)C)CO. The number of hydrogen-bond donors (Lipinski definition) is 1. The standard InChI is InChI=1S/C14H24O/c1-11(10-15)8-9-13-7-5-6-12(2)14(13,3)4/h6,8,13,15H,5,7,9-10H2,1-4H3. The van der Waals surface area contributed by atoms with Crippen LogP contribution in [0, 0.1) is 11.3 Å². The Morgan fingerprint density at radius 1 is 1.60 bits per heavy atom. The van der Waals surface area contributed by atoms with Gasteiger partial charge in [0.15, 0.2) is 0 Å². The highest BCUT2D eigenvalue weighted by atomic mass is 16.3. The molecule has 0 aromatic rings. The smallest absolute Gasteiger partial charge is 0.0639 e. The lowest BCUT2D eigenvalue weighted by Gasteiger charge is -2.38. The van der Waals surface area contributed by atoms with Crippen LogP contribution in [0.5, 0.6) is 0 Å². The first-order chi connectivity index (χ1) is 6.98. The maximum atomic E-state index is 8.97. The van der Waals surface area contributed by atoms with Crippen molar-refractivity contribution in [1.29, 1.82) is 0 Å². The number of aliphatic hydroxyl groups is 1. The maximum Gasteiger partial charge on any atom is 0.0639 e. The van der Waals surface area contributed by atoms with Crippen LogP contribution in [0.2, 0.25) is 0 Å². The average Bonchev–Trinajstić information content (AvgIpc) is 2.20. The molecule has 0 heterocycles. The molecule has 1 aliphatic rings. The Labute approximate surface area is 93.9 Å². The van der Waals surface area contributed by atoms with Crippen molar-refractivity contribution in [1.82, 2.24) is 0 Å². The minimum absolute atomic E-state index is 0.196. The largest absolute Gasteiger partial charge is 0.392 e. The van der Waals surface area contributed by atoms with E-state index in [0.717, 1.165) is 17.9 Å². The van der Waals surface area contributed by atoms with E-state index < -0.39 is 0 Å². The topological polar surface area (TPSA) is 20.2 Å². The molecule has 0 bridgehead atoms. The first kappa shape index (κ1) is 12.5. The maximum absolute atomic E-state index is 8.97. The van der Waals surface area contributed by atoms with Crippen LogP contribution >= 0.6 is 0 Å². The van der Waals surface area contributed by atoms with Gasteiger partial charge in [0.05, 0.1) is 6.61 Å². The molecular formula is C14H24O. The molecule has 1 nitrogen and oxygen atoms in total. The van der Waals surface area contributed by atoms with Crippen LogP contribution in [0.1, 0.15) is 47.0 Å². The molecule has 0 aromatic heterocycles. The van der Waals surface area contributed by atoms with E-state index in [0.29, 0.717) is 5.41 Å². The number of hydrogen-bond acceptors (Lipinski definition) is 1. The minimum atomic E-state index is 0.196. The van der Waals surface area contributed by atoms with Crippen molar-refractivity contribution in [2.45, 2.75) is 47.0 Å². The molecule has 0 saturated carbocycles. The first-order valence-corrected chi connectivity index (χ1v) is 5.92. The van der Waals surface area contributed by atoms with Crippen molar-refractivity contribution in [2.24, 2.45) is 11.3 Å². The third kappa shape index (κ3) is 2.94. The van der Waals surface area contributed by atoms with E-state index in [9.17, 15) is 0 Å². The fourth-order valence-corrected chi connectivity index (χ4v) is 2.27. The van der Waals surface area contributed by atoms with Crippen LogP contribution in [-0.2, 0) is 0 Å². The van der Waals surface area contributed by atoms with E-state index in [-0.39, 0.29) is 6.61 Å². The summed E-state index contributed by atoms with van der Waals surface area (Å²) < 4.78 is 0. The van der Waals surface area contributed by atoms with Crippen molar-refractivity contribution < 1.29 is 5.11 Å². The summed E-state index contributed by atoms with van der Waals surface area (Å²) in [6.07, 6.45) is 8.17. The van der Waals surface area contributed by atoms with Crippen molar-refractivity contribution >= 4 is 0 Å². The molecular weight excluding hydrogens is 184 g/mol. The van der Waals surface area contributed by atoms with Gasteiger partial charge in [-0.05, 0) is 44.4 Å². The van der Waals surface area contributed by atoms with Gasteiger partial charge in [0, 0.05) is 0 Å². The van der Waals surface area contributed by atoms with E-state index >= 15 is 0 Å². The normalized spacial score (nSPS) is 26.3. The van der Waals surface area contributed by atoms with Crippen molar-refractivity contribution in [3.8, 4) is 0 Å². The minimum Gasteiger partial charge on any atom is -0.392 e. The van der Waals surface area contributed by atoms with Gasteiger partial charge >= 0.3 is 0 Å². The molecule has 1 atom stereocenters. The summed E-state index contributed by atoms with van der Waals surface area (Å²) in [7, 11) is 0. The zero-order chi connectivity index (χ0) is 11.5. The van der Waals surface area contributed by atoms with E-state index in [1.807, 2.05) is 6.92 Å². The van der Waals surface area contributed by atoms with Gasteiger partial charge in [-0.1, -0.05) is 37.1 Å². The van der Waals surface area contributed by atoms with E-state index in [1.165, 1.54) is 18.4 Å². The Balaban J connectivity index is 2.68. The molecule has 0 fully saturated rings. The summed E-state index contributed by atoms with van der Waals surface area (Å²) in [6, 6.07) is 0. The molecule has 1 aliphatic carbocycles. The quantitative estimate of drug-likeness (QED) is 0.701. The second-order valence-electron chi connectivity index (χ2n) is 5.33. The van der Waals surface area contributed by atoms with Crippen LogP contribution in [0.25, 0.3) is 0 Å². The van der Waals surface area contributed by atoms with Crippen LogP contribution in [0.4, 0.5) is 0 Å².